The van der Waals surface area contributed by atoms with Gasteiger partial charge in [0.2, 0.25) is 5.65 Å². The molecule has 0 saturated heterocycles. The van der Waals surface area contributed by atoms with Gasteiger partial charge in [0.25, 0.3) is 11.5 Å². The van der Waals surface area contributed by atoms with E-state index in [2.05, 4.69) is 4.98 Å². The van der Waals surface area contributed by atoms with Gasteiger partial charge in [0.05, 0.1) is 19.4 Å². The number of methoxy groups -OCH3 is 2. The molecule has 1 amide bonds. The molecule has 2 heterocycles. The Kier molecular flexibility index (Phi) is 5.27. The zero-order chi connectivity index (χ0) is 19.6. The summed E-state index contributed by atoms with van der Waals surface area (Å²) in [6.07, 6.45) is 3.37. The van der Waals surface area contributed by atoms with Gasteiger partial charge in [-0.15, -0.1) is 0 Å². The van der Waals surface area contributed by atoms with E-state index < -0.39 is 0 Å². The zero-order valence-electron chi connectivity index (χ0n) is 15.8. The van der Waals surface area contributed by atoms with Crippen molar-refractivity contribution in [2.45, 2.75) is 0 Å². The number of carbonyl (C=O) groups excluding carboxylic acids is 1. The highest BCUT2D eigenvalue weighted by Gasteiger charge is 2.18. The Bertz CT molecular complexity index is 1020. The number of amides is 1. The van der Waals surface area contributed by atoms with Gasteiger partial charge in [-0.05, 0) is 24.3 Å². The Labute approximate surface area is 156 Å². The summed E-state index contributed by atoms with van der Waals surface area (Å²) in [5.74, 6) is 0.475. The lowest BCUT2D eigenvalue weighted by Gasteiger charge is -2.14. The number of aromatic nitrogens is 3. The molecule has 0 saturated carbocycles. The Morgan fingerprint density at radius 1 is 1.19 bits per heavy atom. The molecule has 27 heavy (non-hydrogen) atoms. The van der Waals surface area contributed by atoms with Crippen LogP contribution in [-0.2, 0) is 11.8 Å². The molecule has 0 N–H and O–H groups in total. The maximum Gasteiger partial charge on any atom is 0.294 e. The van der Waals surface area contributed by atoms with Crippen LogP contribution < -0.4 is 10.3 Å². The minimum atomic E-state index is -0.276. The number of likely N-dealkylation sites (N-methyl/N-ethyl adjacent to an activating group) is 1. The quantitative estimate of drug-likeness (QED) is 0.656. The maximum absolute atomic E-state index is 12.7. The first-order valence-corrected chi connectivity index (χ1v) is 8.43. The summed E-state index contributed by atoms with van der Waals surface area (Å²) in [4.78, 5) is 31.0. The maximum atomic E-state index is 12.7. The number of nitrogens with zero attached hydrogens (tertiary/aromatic N) is 4. The molecule has 0 atom stereocenters. The normalized spacial score (nSPS) is 11.0. The SMILES string of the molecule is COCCN(C)C(=O)c1cn2cc(-c3ccc(OC)cc3)n(C)c(=O)c2n1. The molecule has 3 aromatic rings. The third kappa shape index (κ3) is 3.56. The van der Waals surface area contributed by atoms with Crippen LogP contribution in [-0.4, -0.2) is 59.2 Å². The van der Waals surface area contributed by atoms with Crippen LogP contribution in [0, 0.1) is 0 Å². The summed E-state index contributed by atoms with van der Waals surface area (Å²) in [7, 11) is 6.53. The van der Waals surface area contributed by atoms with Crippen molar-refractivity contribution in [3.05, 3.63) is 52.7 Å². The highest BCUT2D eigenvalue weighted by atomic mass is 16.5. The summed E-state index contributed by atoms with van der Waals surface area (Å²) in [5.41, 5.74) is 1.72. The molecule has 0 radical (unpaired) electrons. The van der Waals surface area contributed by atoms with E-state index >= 15 is 0 Å². The van der Waals surface area contributed by atoms with Gasteiger partial charge in [-0.2, -0.15) is 0 Å². The fraction of sp³-hybridized carbons (Fsp3) is 0.316. The molecule has 2 aromatic heterocycles. The molecule has 0 spiro atoms. The van der Waals surface area contributed by atoms with E-state index in [1.165, 1.54) is 9.47 Å². The number of ether oxygens (including phenoxy) is 2. The van der Waals surface area contributed by atoms with Crippen molar-refractivity contribution in [1.29, 1.82) is 0 Å². The van der Waals surface area contributed by atoms with Crippen LogP contribution in [0.2, 0.25) is 0 Å². The first kappa shape index (κ1) is 18.7. The lowest BCUT2D eigenvalue weighted by molar-refractivity contribution is 0.0739. The van der Waals surface area contributed by atoms with E-state index in [1.54, 1.807) is 45.1 Å². The highest BCUT2D eigenvalue weighted by molar-refractivity contribution is 5.92. The van der Waals surface area contributed by atoms with Crippen molar-refractivity contribution < 1.29 is 14.3 Å². The van der Waals surface area contributed by atoms with Gasteiger partial charge in [-0.3, -0.25) is 14.0 Å². The zero-order valence-corrected chi connectivity index (χ0v) is 15.8. The number of fused-ring (bicyclic) bond motifs is 1. The molecular weight excluding hydrogens is 348 g/mol. The van der Waals surface area contributed by atoms with Crippen LogP contribution in [0.3, 0.4) is 0 Å². The third-order valence-electron chi connectivity index (χ3n) is 4.43. The van der Waals surface area contributed by atoms with Crippen molar-refractivity contribution in [2.75, 3.05) is 34.4 Å². The fourth-order valence-corrected chi connectivity index (χ4v) is 2.79. The van der Waals surface area contributed by atoms with Crippen molar-refractivity contribution in [1.82, 2.24) is 18.9 Å². The van der Waals surface area contributed by atoms with E-state index in [0.29, 0.717) is 18.8 Å². The summed E-state index contributed by atoms with van der Waals surface area (Å²) in [6, 6.07) is 7.41. The lowest BCUT2D eigenvalue weighted by Crippen LogP contribution is -2.30. The summed E-state index contributed by atoms with van der Waals surface area (Å²) < 4.78 is 13.3. The fourth-order valence-electron chi connectivity index (χ4n) is 2.79. The van der Waals surface area contributed by atoms with Crippen LogP contribution in [0.4, 0.5) is 0 Å². The highest BCUT2D eigenvalue weighted by Crippen LogP contribution is 2.21. The average molecular weight is 370 g/mol. The predicted molar refractivity (Wildman–Crippen MR) is 101 cm³/mol. The minimum absolute atomic E-state index is 0.207. The predicted octanol–water partition coefficient (Wildman–Crippen LogP) is 1.43. The first-order chi connectivity index (χ1) is 13.0. The topological polar surface area (TPSA) is 78.1 Å². The molecule has 3 rings (SSSR count). The van der Waals surface area contributed by atoms with Gasteiger partial charge < -0.3 is 18.9 Å². The molecule has 8 heteroatoms. The second-order valence-corrected chi connectivity index (χ2v) is 6.18. The van der Waals surface area contributed by atoms with Gasteiger partial charge in [0.1, 0.15) is 11.4 Å². The smallest absolute Gasteiger partial charge is 0.294 e. The van der Waals surface area contributed by atoms with E-state index in [9.17, 15) is 9.59 Å². The number of hydrogen-bond donors (Lipinski definition) is 0. The number of hydrogen-bond acceptors (Lipinski definition) is 5. The van der Waals surface area contributed by atoms with Gasteiger partial charge in [-0.1, -0.05) is 0 Å². The Hall–Kier alpha value is -3.13. The second kappa shape index (κ2) is 7.63. The molecule has 0 bridgehead atoms. The summed E-state index contributed by atoms with van der Waals surface area (Å²) >= 11 is 0. The molecule has 0 fully saturated rings. The van der Waals surface area contributed by atoms with Gasteiger partial charge in [-0.25, -0.2) is 4.98 Å². The van der Waals surface area contributed by atoms with Crippen molar-refractivity contribution >= 4 is 11.6 Å². The number of benzene rings is 1. The second-order valence-electron chi connectivity index (χ2n) is 6.18. The molecule has 8 nitrogen and oxygen atoms in total. The molecular formula is C19H22N4O4. The van der Waals surface area contributed by atoms with Crippen LogP contribution >= 0.6 is 0 Å². The first-order valence-electron chi connectivity index (χ1n) is 8.43. The molecule has 142 valence electrons. The summed E-state index contributed by atoms with van der Waals surface area (Å²) in [6.45, 7) is 0.872. The van der Waals surface area contributed by atoms with Crippen molar-refractivity contribution in [3.8, 4) is 17.0 Å². The average Bonchev–Trinajstić information content (AvgIpc) is 3.12. The Balaban J connectivity index is 2.03. The molecule has 0 unspecified atom stereocenters. The largest absolute Gasteiger partial charge is 0.497 e. The van der Waals surface area contributed by atoms with E-state index in [4.69, 9.17) is 9.47 Å². The van der Waals surface area contributed by atoms with Gasteiger partial charge in [0.15, 0.2) is 0 Å². The third-order valence-corrected chi connectivity index (χ3v) is 4.43. The standard InChI is InChI=1S/C19H22N4O4/c1-21(9-10-26-3)18(24)15-11-23-12-16(22(2)19(25)17(23)20-15)13-5-7-14(27-4)8-6-13/h5-8,11-12H,9-10H2,1-4H3. The van der Waals surface area contributed by atoms with Crippen LogP contribution in [0.1, 0.15) is 10.5 Å². The molecule has 1 aromatic carbocycles. The van der Waals surface area contributed by atoms with Crippen molar-refractivity contribution in [3.63, 3.8) is 0 Å². The Morgan fingerprint density at radius 2 is 1.89 bits per heavy atom. The minimum Gasteiger partial charge on any atom is -0.497 e. The number of carbonyl (C=O) groups is 1. The Morgan fingerprint density at radius 3 is 2.52 bits per heavy atom. The van der Waals surface area contributed by atoms with Crippen LogP contribution in [0.5, 0.6) is 5.75 Å². The molecule has 0 aliphatic heterocycles. The van der Waals surface area contributed by atoms with Crippen LogP contribution in [0.15, 0.2) is 41.5 Å². The lowest BCUT2D eigenvalue weighted by atomic mass is 10.1. The van der Waals surface area contributed by atoms with E-state index in [-0.39, 0.29) is 22.8 Å². The van der Waals surface area contributed by atoms with Crippen LogP contribution in [0.25, 0.3) is 16.9 Å². The van der Waals surface area contributed by atoms with Crippen molar-refractivity contribution in [2.24, 2.45) is 7.05 Å². The van der Waals surface area contributed by atoms with Gasteiger partial charge >= 0.3 is 0 Å². The number of rotatable bonds is 6. The van der Waals surface area contributed by atoms with E-state index in [1.807, 2.05) is 24.3 Å². The van der Waals surface area contributed by atoms with E-state index in [0.717, 1.165) is 11.3 Å². The summed E-state index contributed by atoms with van der Waals surface area (Å²) in [5, 5.41) is 0. The monoisotopic (exact) mass is 370 g/mol. The van der Waals surface area contributed by atoms with Gasteiger partial charge in [0, 0.05) is 45.7 Å². The molecule has 0 aliphatic rings. The number of imidazole rings is 1. The molecule has 0 aliphatic carbocycles.